The van der Waals surface area contributed by atoms with Crippen LogP contribution in [0.15, 0.2) is 23.2 Å². The Bertz CT molecular complexity index is 578. The lowest BCUT2D eigenvalue weighted by atomic mass is 10.1. The minimum atomic E-state index is -0.121. The number of hydrogen-bond acceptors (Lipinski definition) is 5. The highest BCUT2D eigenvalue weighted by Crippen LogP contribution is 2.20. The molecule has 8 nitrogen and oxygen atoms in total. The molecule has 0 heterocycles. The van der Waals surface area contributed by atoms with E-state index < -0.39 is 0 Å². The minimum absolute atomic E-state index is 0.121. The van der Waals surface area contributed by atoms with Crippen LogP contribution in [0.2, 0.25) is 0 Å². The van der Waals surface area contributed by atoms with Gasteiger partial charge < -0.3 is 30.2 Å². The molecule has 8 heteroatoms. The number of carbonyl (C=O) groups excluding carboxylic acids is 1. The van der Waals surface area contributed by atoms with Gasteiger partial charge in [0.05, 0.1) is 19.8 Å². The molecule has 146 valence electrons. The first-order valence-corrected chi connectivity index (χ1v) is 8.52. The third-order valence-corrected chi connectivity index (χ3v) is 3.48. The molecule has 0 aliphatic carbocycles. The van der Waals surface area contributed by atoms with Gasteiger partial charge in [0.25, 0.3) is 0 Å². The van der Waals surface area contributed by atoms with Gasteiger partial charge in [-0.1, -0.05) is 12.1 Å². The zero-order valence-corrected chi connectivity index (χ0v) is 16.1. The van der Waals surface area contributed by atoms with E-state index in [9.17, 15) is 4.79 Å². The van der Waals surface area contributed by atoms with E-state index in [1.54, 1.807) is 21.3 Å². The molecule has 1 rings (SSSR count). The topological polar surface area (TPSA) is 93.2 Å². The smallest absolute Gasteiger partial charge is 0.239 e. The fourth-order valence-electron chi connectivity index (χ4n) is 2.10. The van der Waals surface area contributed by atoms with Crippen LogP contribution < -0.4 is 20.7 Å². The highest BCUT2D eigenvalue weighted by atomic mass is 16.5. The largest absolute Gasteiger partial charge is 0.491 e. The molecule has 26 heavy (non-hydrogen) atoms. The molecular formula is C18H30N4O4. The van der Waals surface area contributed by atoms with Crippen LogP contribution in [-0.2, 0) is 20.8 Å². The quantitative estimate of drug-likeness (QED) is 0.299. The van der Waals surface area contributed by atoms with Gasteiger partial charge in [-0.3, -0.25) is 9.79 Å². The molecule has 3 N–H and O–H groups in total. The Balaban J connectivity index is 2.51. The predicted octanol–water partition coefficient (Wildman–Crippen LogP) is 0.448. The van der Waals surface area contributed by atoms with Crippen molar-refractivity contribution < 1.29 is 19.0 Å². The fraction of sp³-hybridized carbons (Fsp3) is 0.556. The van der Waals surface area contributed by atoms with Gasteiger partial charge in [-0.2, -0.15) is 0 Å². The van der Waals surface area contributed by atoms with E-state index in [1.165, 1.54) is 0 Å². The van der Waals surface area contributed by atoms with Crippen LogP contribution in [0.5, 0.6) is 5.75 Å². The summed E-state index contributed by atoms with van der Waals surface area (Å²) in [6.45, 7) is 4.65. The minimum Gasteiger partial charge on any atom is -0.491 e. The zero-order chi connectivity index (χ0) is 19.2. The molecule has 0 radical (unpaired) electrons. The van der Waals surface area contributed by atoms with Crippen LogP contribution in [0, 0.1) is 6.92 Å². The summed E-state index contributed by atoms with van der Waals surface area (Å²) in [5.74, 6) is 1.22. The number of nitrogens with zero attached hydrogens (tertiary/aromatic N) is 1. The summed E-state index contributed by atoms with van der Waals surface area (Å²) in [6, 6.07) is 6.03. The average Bonchev–Trinajstić information content (AvgIpc) is 2.63. The van der Waals surface area contributed by atoms with Crippen LogP contribution in [-0.4, -0.2) is 66.0 Å². The number of amides is 1. The molecule has 0 unspecified atom stereocenters. The van der Waals surface area contributed by atoms with Crippen LogP contribution in [0.1, 0.15) is 11.1 Å². The standard InChI is InChI=1S/C18H30N4O4/c1-14-5-6-15(16(11-14)26-10-9-25-4)12-21-18(19-2)22-13-17(23)20-7-8-24-3/h5-6,11H,7-10,12-13H2,1-4H3,(H,20,23)(H2,19,21,22). The summed E-state index contributed by atoms with van der Waals surface area (Å²) < 4.78 is 15.7. The Morgan fingerprint density at radius 2 is 1.85 bits per heavy atom. The van der Waals surface area contributed by atoms with Gasteiger partial charge in [-0.15, -0.1) is 0 Å². The first-order valence-electron chi connectivity index (χ1n) is 8.52. The summed E-state index contributed by atoms with van der Waals surface area (Å²) in [6.07, 6.45) is 0. The third kappa shape index (κ3) is 8.68. The maximum Gasteiger partial charge on any atom is 0.239 e. The highest BCUT2D eigenvalue weighted by Gasteiger charge is 2.07. The van der Waals surface area contributed by atoms with E-state index >= 15 is 0 Å². The number of nitrogens with one attached hydrogen (secondary N) is 3. The second kappa shape index (κ2) is 13.0. The molecule has 0 aliphatic rings. The molecule has 0 fully saturated rings. The molecule has 1 aromatic rings. The summed E-state index contributed by atoms with van der Waals surface area (Å²) in [4.78, 5) is 15.8. The van der Waals surface area contributed by atoms with Crippen molar-refractivity contribution in [2.75, 3.05) is 54.2 Å². The van der Waals surface area contributed by atoms with Crippen molar-refractivity contribution in [3.8, 4) is 5.75 Å². The van der Waals surface area contributed by atoms with E-state index in [2.05, 4.69) is 20.9 Å². The van der Waals surface area contributed by atoms with Crippen molar-refractivity contribution >= 4 is 11.9 Å². The van der Waals surface area contributed by atoms with Crippen molar-refractivity contribution in [1.29, 1.82) is 0 Å². The SMILES string of the molecule is CN=C(NCC(=O)NCCOC)NCc1ccc(C)cc1OCCOC. The van der Waals surface area contributed by atoms with Crippen LogP contribution >= 0.6 is 0 Å². The maximum absolute atomic E-state index is 11.7. The Labute approximate surface area is 155 Å². The van der Waals surface area contributed by atoms with E-state index in [-0.39, 0.29) is 12.5 Å². The molecule has 1 amide bonds. The molecule has 0 bridgehead atoms. The number of aliphatic imine (C=N–C) groups is 1. The number of guanidine groups is 1. The van der Waals surface area contributed by atoms with Gasteiger partial charge >= 0.3 is 0 Å². The van der Waals surface area contributed by atoms with Gasteiger partial charge in [0.15, 0.2) is 5.96 Å². The molecule has 0 aliphatic heterocycles. The van der Waals surface area contributed by atoms with Crippen LogP contribution in [0.4, 0.5) is 0 Å². The number of methoxy groups -OCH3 is 2. The lowest BCUT2D eigenvalue weighted by molar-refractivity contribution is -0.120. The van der Waals surface area contributed by atoms with Crippen molar-refractivity contribution in [2.24, 2.45) is 4.99 Å². The summed E-state index contributed by atoms with van der Waals surface area (Å²) in [5, 5.41) is 8.90. The lowest BCUT2D eigenvalue weighted by Crippen LogP contribution is -2.43. The van der Waals surface area contributed by atoms with Crippen molar-refractivity contribution in [3.63, 3.8) is 0 Å². The number of benzene rings is 1. The summed E-state index contributed by atoms with van der Waals surface area (Å²) in [5.41, 5.74) is 2.12. The van der Waals surface area contributed by atoms with E-state index in [1.807, 2.05) is 25.1 Å². The van der Waals surface area contributed by atoms with Gasteiger partial charge in [0, 0.05) is 39.9 Å². The molecule has 0 saturated heterocycles. The average molecular weight is 366 g/mol. The van der Waals surface area contributed by atoms with Crippen LogP contribution in [0.25, 0.3) is 0 Å². The van der Waals surface area contributed by atoms with Crippen molar-refractivity contribution in [3.05, 3.63) is 29.3 Å². The highest BCUT2D eigenvalue weighted by molar-refractivity contribution is 5.86. The first-order chi connectivity index (χ1) is 12.6. The third-order valence-electron chi connectivity index (χ3n) is 3.48. The monoisotopic (exact) mass is 366 g/mol. The van der Waals surface area contributed by atoms with Crippen molar-refractivity contribution in [1.82, 2.24) is 16.0 Å². The van der Waals surface area contributed by atoms with E-state index in [4.69, 9.17) is 14.2 Å². The number of aryl methyl sites for hydroxylation is 1. The predicted molar refractivity (Wildman–Crippen MR) is 102 cm³/mol. The Morgan fingerprint density at radius 1 is 1.08 bits per heavy atom. The second-order valence-electron chi connectivity index (χ2n) is 5.57. The zero-order valence-electron chi connectivity index (χ0n) is 16.1. The molecule has 0 aromatic heterocycles. The van der Waals surface area contributed by atoms with Gasteiger partial charge in [-0.05, 0) is 18.6 Å². The molecule has 0 spiro atoms. The number of rotatable bonds is 11. The van der Waals surface area contributed by atoms with Gasteiger partial charge in [0.1, 0.15) is 12.4 Å². The van der Waals surface area contributed by atoms with E-state index in [0.717, 1.165) is 16.9 Å². The summed E-state index contributed by atoms with van der Waals surface area (Å²) in [7, 11) is 4.89. The maximum atomic E-state index is 11.7. The molecular weight excluding hydrogens is 336 g/mol. The summed E-state index contributed by atoms with van der Waals surface area (Å²) >= 11 is 0. The fourth-order valence-corrected chi connectivity index (χ4v) is 2.10. The second-order valence-corrected chi connectivity index (χ2v) is 5.57. The van der Waals surface area contributed by atoms with Gasteiger partial charge in [0.2, 0.25) is 5.91 Å². The Hall–Kier alpha value is -2.32. The lowest BCUT2D eigenvalue weighted by Gasteiger charge is -2.15. The van der Waals surface area contributed by atoms with E-state index in [0.29, 0.717) is 38.9 Å². The number of ether oxygens (including phenoxy) is 3. The molecule has 1 aromatic carbocycles. The first kappa shape index (κ1) is 21.7. The van der Waals surface area contributed by atoms with Crippen LogP contribution in [0.3, 0.4) is 0 Å². The number of hydrogen-bond donors (Lipinski definition) is 3. The Kier molecular flexibility index (Phi) is 10.8. The Morgan fingerprint density at radius 3 is 2.54 bits per heavy atom. The van der Waals surface area contributed by atoms with Crippen molar-refractivity contribution in [2.45, 2.75) is 13.5 Å². The molecule has 0 atom stereocenters. The van der Waals surface area contributed by atoms with Gasteiger partial charge in [-0.25, -0.2) is 0 Å². The molecule has 0 saturated carbocycles. The number of carbonyl (C=O) groups is 1. The normalized spacial score (nSPS) is 11.2.